The molecule has 80 valence electrons. The van der Waals surface area contributed by atoms with Gasteiger partial charge >= 0.3 is 0 Å². The highest BCUT2D eigenvalue weighted by molar-refractivity contribution is 7.92. The van der Waals surface area contributed by atoms with E-state index < -0.39 is 21.5 Å². The quantitative estimate of drug-likeness (QED) is 0.698. The van der Waals surface area contributed by atoms with Gasteiger partial charge < -0.3 is 11.1 Å². The van der Waals surface area contributed by atoms with Crippen LogP contribution in [0.1, 0.15) is 5.56 Å². The molecule has 0 unspecified atom stereocenters. The molecule has 5 nitrogen and oxygen atoms in total. The summed E-state index contributed by atoms with van der Waals surface area (Å²) in [7, 11) is -3.49. The van der Waals surface area contributed by atoms with E-state index in [0.29, 0.717) is 5.69 Å². The molecule has 0 saturated heterocycles. The number of hydrogen-bond donors (Lipinski definition) is 2. The Balaban J connectivity index is 2.64. The monoisotopic (exact) mass is 226 g/mol. The zero-order valence-electron chi connectivity index (χ0n) is 7.86. The lowest BCUT2D eigenvalue weighted by molar-refractivity contribution is -0.114. The Morgan fingerprint density at radius 1 is 1.40 bits per heavy atom. The van der Waals surface area contributed by atoms with Crippen molar-refractivity contribution in [2.24, 2.45) is 5.73 Å². The lowest BCUT2D eigenvalue weighted by Crippen LogP contribution is -2.29. The maximum Gasteiger partial charge on any atom is 0.239 e. The second kappa shape index (κ2) is 3.32. The van der Waals surface area contributed by atoms with Crippen LogP contribution in [0.15, 0.2) is 23.1 Å². The molecule has 1 aromatic carbocycles. The number of benzene rings is 1. The molecule has 1 amide bonds. The molecular formula is C9H10N2O3S. The third kappa shape index (κ3) is 1.73. The number of anilines is 1. The van der Waals surface area contributed by atoms with Crippen LogP contribution < -0.4 is 11.1 Å². The summed E-state index contributed by atoms with van der Waals surface area (Å²) in [4.78, 5) is 11.2. The summed E-state index contributed by atoms with van der Waals surface area (Å²) in [5, 5.41) is 2.51. The van der Waals surface area contributed by atoms with Crippen LogP contribution in [0.3, 0.4) is 0 Å². The van der Waals surface area contributed by atoms with Gasteiger partial charge in [0.25, 0.3) is 0 Å². The van der Waals surface area contributed by atoms with Gasteiger partial charge in [-0.1, -0.05) is 6.07 Å². The Kier molecular flexibility index (Phi) is 2.24. The number of carbonyl (C=O) groups is 1. The minimum Gasteiger partial charge on any atom is -0.326 e. The predicted molar refractivity (Wildman–Crippen MR) is 55.0 cm³/mol. The summed E-state index contributed by atoms with van der Waals surface area (Å²) in [5.74, 6) is -0.989. The molecule has 0 fully saturated rings. The Bertz CT molecular complexity index is 522. The van der Waals surface area contributed by atoms with E-state index >= 15 is 0 Å². The van der Waals surface area contributed by atoms with Gasteiger partial charge in [0.15, 0.2) is 9.84 Å². The highest BCUT2D eigenvalue weighted by atomic mass is 32.2. The first kappa shape index (κ1) is 10.1. The number of hydrogen-bond acceptors (Lipinski definition) is 4. The molecule has 0 aromatic heterocycles. The Morgan fingerprint density at radius 3 is 2.80 bits per heavy atom. The van der Waals surface area contributed by atoms with Crippen molar-refractivity contribution in [1.82, 2.24) is 0 Å². The topological polar surface area (TPSA) is 89.3 Å². The van der Waals surface area contributed by atoms with Gasteiger partial charge in [0, 0.05) is 6.54 Å². The summed E-state index contributed by atoms with van der Waals surface area (Å²) in [5.41, 5.74) is 6.48. The number of rotatable bonds is 1. The largest absolute Gasteiger partial charge is 0.326 e. The third-order valence-electron chi connectivity index (χ3n) is 2.21. The SMILES string of the molecule is NCc1ccc2c(c1)S(=O)(=O)CC(=O)N2. The molecule has 3 N–H and O–H groups in total. The van der Waals surface area contributed by atoms with Gasteiger partial charge in [0.1, 0.15) is 5.75 Å². The van der Waals surface area contributed by atoms with E-state index in [-0.39, 0.29) is 11.4 Å². The van der Waals surface area contributed by atoms with Crippen molar-refractivity contribution >= 4 is 21.4 Å². The van der Waals surface area contributed by atoms with Gasteiger partial charge in [-0.25, -0.2) is 8.42 Å². The zero-order valence-corrected chi connectivity index (χ0v) is 8.67. The minimum atomic E-state index is -3.49. The van der Waals surface area contributed by atoms with Gasteiger partial charge in [-0.05, 0) is 17.7 Å². The van der Waals surface area contributed by atoms with Crippen molar-refractivity contribution in [3.8, 4) is 0 Å². The molecule has 0 saturated carbocycles. The van der Waals surface area contributed by atoms with Crippen molar-refractivity contribution < 1.29 is 13.2 Å². The standard InChI is InChI=1S/C9H10N2O3S/c10-4-6-1-2-7-8(3-6)15(13,14)5-9(12)11-7/h1-3H,4-5,10H2,(H,11,12). The average molecular weight is 226 g/mol. The van der Waals surface area contributed by atoms with Crippen LogP contribution >= 0.6 is 0 Å². The van der Waals surface area contributed by atoms with E-state index in [0.717, 1.165) is 5.56 Å². The lowest BCUT2D eigenvalue weighted by atomic mass is 10.2. The molecule has 0 bridgehead atoms. The van der Waals surface area contributed by atoms with E-state index in [1.807, 2.05) is 0 Å². The van der Waals surface area contributed by atoms with Crippen molar-refractivity contribution in [2.75, 3.05) is 11.1 Å². The lowest BCUT2D eigenvalue weighted by Gasteiger charge is -2.17. The second-order valence-corrected chi connectivity index (χ2v) is 5.30. The summed E-state index contributed by atoms with van der Waals surface area (Å²) >= 11 is 0. The van der Waals surface area contributed by atoms with Crippen molar-refractivity contribution in [1.29, 1.82) is 0 Å². The van der Waals surface area contributed by atoms with Crippen molar-refractivity contribution in [2.45, 2.75) is 11.4 Å². The zero-order chi connectivity index (χ0) is 11.1. The number of nitrogens with two attached hydrogens (primary N) is 1. The van der Waals surface area contributed by atoms with E-state index in [1.54, 1.807) is 12.1 Å². The average Bonchev–Trinajstić information content (AvgIpc) is 2.16. The third-order valence-corrected chi connectivity index (χ3v) is 3.86. The van der Waals surface area contributed by atoms with Crippen LogP contribution in [0.2, 0.25) is 0 Å². The highest BCUT2D eigenvalue weighted by Gasteiger charge is 2.28. The van der Waals surface area contributed by atoms with Gasteiger partial charge in [-0.2, -0.15) is 0 Å². The first-order valence-electron chi connectivity index (χ1n) is 4.38. The van der Waals surface area contributed by atoms with Crippen LogP contribution in [0.4, 0.5) is 5.69 Å². The molecule has 15 heavy (non-hydrogen) atoms. The first-order chi connectivity index (χ1) is 7.03. The maximum absolute atomic E-state index is 11.6. The second-order valence-electron chi connectivity index (χ2n) is 3.34. The van der Waals surface area contributed by atoms with Gasteiger partial charge in [0.2, 0.25) is 5.91 Å². The van der Waals surface area contributed by atoms with Crippen LogP contribution in [0.5, 0.6) is 0 Å². The molecule has 1 heterocycles. The van der Waals surface area contributed by atoms with Crippen LogP contribution in [0, 0.1) is 0 Å². The Morgan fingerprint density at radius 2 is 2.13 bits per heavy atom. The number of amides is 1. The fourth-order valence-corrected chi connectivity index (χ4v) is 2.85. The molecule has 1 aliphatic heterocycles. The molecule has 6 heteroatoms. The van der Waals surface area contributed by atoms with Crippen LogP contribution in [-0.4, -0.2) is 20.1 Å². The first-order valence-corrected chi connectivity index (χ1v) is 6.04. The highest BCUT2D eigenvalue weighted by Crippen LogP contribution is 2.27. The molecule has 0 radical (unpaired) electrons. The molecule has 0 aliphatic carbocycles. The van der Waals surface area contributed by atoms with Crippen molar-refractivity contribution in [3.63, 3.8) is 0 Å². The van der Waals surface area contributed by atoms with Gasteiger partial charge in [-0.15, -0.1) is 0 Å². The summed E-state index contributed by atoms with van der Waals surface area (Å²) in [6, 6.07) is 4.76. The number of sulfone groups is 1. The Hall–Kier alpha value is -1.40. The molecule has 0 spiro atoms. The number of nitrogens with one attached hydrogen (secondary N) is 1. The van der Waals surface area contributed by atoms with E-state index in [1.165, 1.54) is 6.07 Å². The van der Waals surface area contributed by atoms with E-state index in [2.05, 4.69) is 5.32 Å². The molecule has 1 aromatic rings. The molecule has 0 atom stereocenters. The maximum atomic E-state index is 11.6. The minimum absolute atomic E-state index is 0.157. The number of carbonyl (C=O) groups excluding carboxylic acids is 1. The normalized spacial score (nSPS) is 18.1. The molecule has 2 rings (SSSR count). The number of fused-ring (bicyclic) bond motifs is 1. The molecule has 1 aliphatic rings. The van der Waals surface area contributed by atoms with Crippen LogP contribution in [-0.2, 0) is 21.2 Å². The Labute approximate surface area is 87.2 Å². The molecular weight excluding hydrogens is 216 g/mol. The van der Waals surface area contributed by atoms with E-state index in [9.17, 15) is 13.2 Å². The summed E-state index contributed by atoms with van der Waals surface area (Å²) in [6.45, 7) is 0.275. The van der Waals surface area contributed by atoms with Crippen molar-refractivity contribution in [3.05, 3.63) is 23.8 Å². The summed E-state index contributed by atoms with van der Waals surface area (Å²) < 4.78 is 23.3. The van der Waals surface area contributed by atoms with E-state index in [4.69, 9.17) is 5.73 Å². The fourth-order valence-electron chi connectivity index (χ4n) is 1.49. The predicted octanol–water partition coefficient (Wildman–Crippen LogP) is -0.129. The van der Waals surface area contributed by atoms with Gasteiger partial charge in [-0.3, -0.25) is 4.79 Å². The smallest absolute Gasteiger partial charge is 0.239 e. The fraction of sp³-hybridized carbons (Fsp3) is 0.222. The van der Waals surface area contributed by atoms with Gasteiger partial charge in [0.05, 0.1) is 10.6 Å². The van der Waals surface area contributed by atoms with Crippen LogP contribution in [0.25, 0.3) is 0 Å². The summed E-state index contributed by atoms with van der Waals surface area (Å²) in [6.07, 6.45) is 0.